The van der Waals surface area contributed by atoms with Gasteiger partial charge in [-0.1, -0.05) is 36.4 Å². The zero-order valence-corrected chi connectivity index (χ0v) is 18.3. The predicted octanol–water partition coefficient (Wildman–Crippen LogP) is 3.96. The van der Waals surface area contributed by atoms with Gasteiger partial charge in [-0.2, -0.15) is 0 Å². The molecular formula is C25H25NO6. The van der Waals surface area contributed by atoms with E-state index in [2.05, 4.69) is 5.32 Å². The fraction of sp³-hybridized carbons (Fsp3) is 0.280. The Hall–Kier alpha value is -3.74. The molecule has 2 aromatic rings. The smallest absolute Gasteiger partial charge is 0.337 e. The van der Waals surface area contributed by atoms with Crippen LogP contribution in [0.25, 0.3) is 0 Å². The molecule has 7 heteroatoms. The van der Waals surface area contributed by atoms with Gasteiger partial charge >= 0.3 is 11.9 Å². The van der Waals surface area contributed by atoms with Crippen LogP contribution < -0.4 is 14.8 Å². The summed E-state index contributed by atoms with van der Waals surface area (Å²) in [5.74, 6) is -0.476. The van der Waals surface area contributed by atoms with Crippen LogP contribution in [-0.4, -0.2) is 25.3 Å². The highest BCUT2D eigenvalue weighted by Gasteiger charge is 2.38. The largest absolute Gasteiger partial charge is 0.463 e. The van der Waals surface area contributed by atoms with Gasteiger partial charge in [0.05, 0.1) is 23.7 Å². The lowest BCUT2D eigenvalue weighted by molar-refractivity contribution is -0.140. The van der Waals surface area contributed by atoms with Crippen LogP contribution in [0.1, 0.15) is 37.8 Å². The van der Waals surface area contributed by atoms with Gasteiger partial charge in [-0.3, -0.25) is 0 Å². The molecule has 0 aromatic heterocycles. The standard InChI is InChI=1S/C25H25NO6/c1-4-29-24(27)21-15(2)26-16(3)22(25(28)30-13-17-8-6-5-7-9-17)23(21)18-10-11-19-20(12-18)32-14-31-19/h5-12,23,26H,4,13-14H2,1-3H3. The molecule has 0 bridgehead atoms. The van der Waals surface area contributed by atoms with E-state index in [0.717, 1.165) is 5.56 Å². The molecule has 2 heterocycles. The number of fused-ring (bicyclic) bond motifs is 1. The average Bonchev–Trinajstić information content (AvgIpc) is 3.25. The highest BCUT2D eigenvalue weighted by molar-refractivity contribution is 6.00. The summed E-state index contributed by atoms with van der Waals surface area (Å²) in [6.07, 6.45) is 0. The number of benzene rings is 2. The number of dihydropyridines is 1. The molecule has 166 valence electrons. The number of ether oxygens (including phenoxy) is 4. The Bertz CT molecular complexity index is 1100. The number of esters is 2. The minimum atomic E-state index is -0.673. The molecule has 2 aliphatic heterocycles. The van der Waals surface area contributed by atoms with Crippen LogP contribution in [0.2, 0.25) is 0 Å². The van der Waals surface area contributed by atoms with E-state index in [1.807, 2.05) is 36.4 Å². The Balaban J connectivity index is 1.73. The molecule has 1 unspecified atom stereocenters. The van der Waals surface area contributed by atoms with Gasteiger partial charge in [0.1, 0.15) is 6.61 Å². The molecule has 4 rings (SSSR count). The first-order valence-electron chi connectivity index (χ1n) is 10.5. The van der Waals surface area contributed by atoms with Gasteiger partial charge in [-0.15, -0.1) is 0 Å². The Morgan fingerprint density at radius 2 is 1.59 bits per heavy atom. The maximum absolute atomic E-state index is 13.3. The summed E-state index contributed by atoms with van der Waals surface area (Å²) < 4.78 is 21.9. The predicted molar refractivity (Wildman–Crippen MR) is 117 cm³/mol. The summed E-state index contributed by atoms with van der Waals surface area (Å²) in [7, 11) is 0. The first-order valence-corrected chi connectivity index (χ1v) is 10.5. The Morgan fingerprint density at radius 1 is 0.938 bits per heavy atom. The van der Waals surface area contributed by atoms with Crippen molar-refractivity contribution in [3.8, 4) is 11.5 Å². The molecule has 0 radical (unpaired) electrons. The van der Waals surface area contributed by atoms with Crippen molar-refractivity contribution in [2.75, 3.05) is 13.4 Å². The van der Waals surface area contributed by atoms with Crippen molar-refractivity contribution in [2.45, 2.75) is 33.3 Å². The van der Waals surface area contributed by atoms with Gasteiger partial charge in [0.2, 0.25) is 6.79 Å². The number of hydrogen-bond donors (Lipinski definition) is 1. The molecule has 2 aliphatic rings. The van der Waals surface area contributed by atoms with Gasteiger partial charge in [-0.25, -0.2) is 9.59 Å². The zero-order valence-electron chi connectivity index (χ0n) is 18.3. The third kappa shape index (κ3) is 4.19. The first kappa shape index (κ1) is 21.5. The number of rotatable bonds is 6. The van der Waals surface area contributed by atoms with Crippen LogP contribution in [0.5, 0.6) is 11.5 Å². The van der Waals surface area contributed by atoms with Crippen molar-refractivity contribution in [2.24, 2.45) is 0 Å². The first-order chi connectivity index (χ1) is 15.5. The topological polar surface area (TPSA) is 83.1 Å². The monoisotopic (exact) mass is 435 g/mol. The lowest BCUT2D eigenvalue weighted by Crippen LogP contribution is -2.32. The van der Waals surface area contributed by atoms with E-state index in [1.165, 1.54) is 0 Å². The lowest BCUT2D eigenvalue weighted by Gasteiger charge is -2.30. The summed E-state index contributed by atoms with van der Waals surface area (Å²) in [5, 5.41) is 3.15. The van der Waals surface area contributed by atoms with E-state index in [9.17, 15) is 9.59 Å². The highest BCUT2D eigenvalue weighted by Crippen LogP contribution is 2.43. The normalized spacial score (nSPS) is 17.2. The Morgan fingerprint density at radius 3 is 2.28 bits per heavy atom. The quantitative estimate of drug-likeness (QED) is 0.688. The second-order valence-corrected chi connectivity index (χ2v) is 7.53. The molecule has 1 N–H and O–H groups in total. The van der Waals surface area contributed by atoms with E-state index in [1.54, 1.807) is 32.9 Å². The van der Waals surface area contributed by atoms with Gasteiger partial charge < -0.3 is 24.3 Å². The van der Waals surface area contributed by atoms with Gasteiger partial charge in [0.15, 0.2) is 11.5 Å². The van der Waals surface area contributed by atoms with E-state index in [4.69, 9.17) is 18.9 Å². The lowest BCUT2D eigenvalue weighted by atomic mass is 9.80. The molecule has 0 fully saturated rings. The fourth-order valence-electron chi connectivity index (χ4n) is 3.97. The molecule has 0 spiro atoms. The molecule has 7 nitrogen and oxygen atoms in total. The minimum Gasteiger partial charge on any atom is -0.463 e. The summed E-state index contributed by atoms with van der Waals surface area (Å²) in [6.45, 7) is 5.81. The van der Waals surface area contributed by atoms with Crippen molar-refractivity contribution in [3.63, 3.8) is 0 Å². The molecule has 0 aliphatic carbocycles. The second kappa shape index (κ2) is 9.18. The number of allylic oxidation sites excluding steroid dienone is 2. The van der Waals surface area contributed by atoms with Gasteiger partial charge in [-0.05, 0) is 44.0 Å². The van der Waals surface area contributed by atoms with E-state index >= 15 is 0 Å². The van der Waals surface area contributed by atoms with Crippen LogP contribution in [0.4, 0.5) is 0 Å². The van der Waals surface area contributed by atoms with Crippen molar-refractivity contribution in [1.82, 2.24) is 5.32 Å². The van der Waals surface area contributed by atoms with E-state index in [-0.39, 0.29) is 20.0 Å². The third-order valence-corrected chi connectivity index (χ3v) is 5.42. The number of hydrogen-bond acceptors (Lipinski definition) is 7. The maximum atomic E-state index is 13.3. The molecule has 0 amide bonds. The highest BCUT2D eigenvalue weighted by atomic mass is 16.7. The second-order valence-electron chi connectivity index (χ2n) is 7.53. The van der Waals surface area contributed by atoms with Gasteiger partial charge in [0.25, 0.3) is 0 Å². The van der Waals surface area contributed by atoms with E-state index in [0.29, 0.717) is 39.6 Å². The molecule has 0 saturated carbocycles. The van der Waals surface area contributed by atoms with Crippen LogP contribution in [0, 0.1) is 0 Å². The maximum Gasteiger partial charge on any atom is 0.337 e. The summed E-state index contributed by atoms with van der Waals surface area (Å²) >= 11 is 0. The molecule has 0 saturated heterocycles. The minimum absolute atomic E-state index is 0.127. The van der Waals surface area contributed by atoms with Crippen molar-refractivity contribution >= 4 is 11.9 Å². The van der Waals surface area contributed by atoms with Crippen LogP contribution >= 0.6 is 0 Å². The number of nitrogens with one attached hydrogen (secondary N) is 1. The summed E-state index contributed by atoms with van der Waals surface area (Å²) in [4.78, 5) is 26.2. The van der Waals surface area contributed by atoms with Crippen molar-refractivity contribution in [1.29, 1.82) is 0 Å². The Kier molecular flexibility index (Phi) is 6.16. The number of carbonyl (C=O) groups excluding carboxylic acids is 2. The third-order valence-electron chi connectivity index (χ3n) is 5.42. The SMILES string of the molecule is CCOC(=O)C1=C(C)NC(C)=C(C(=O)OCc2ccccc2)C1c1ccc2c(c1)OCO2. The van der Waals surface area contributed by atoms with Crippen molar-refractivity contribution < 1.29 is 28.5 Å². The van der Waals surface area contributed by atoms with Crippen LogP contribution in [-0.2, 0) is 25.7 Å². The molecular weight excluding hydrogens is 410 g/mol. The summed E-state index contributed by atoms with van der Waals surface area (Å²) in [5.41, 5.74) is 3.56. The fourth-order valence-corrected chi connectivity index (χ4v) is 3.97. The molecule has 2 aromatic carbocycles. The molecule has 1 atom stereocenters. The van der Waals surface area contributed by atoms with Gasteiger partial charge in [0, 0.05) is 11.4 Å². The van der Waals surface area contributed by atoms with Crippen LogP contribution in [0.15, 0.2) is 71.1 Å². The number of carbonyl (C=O) groups is 2. The van der Waals surface area contributed by atoms with E-state index < -0.39 is 17.9 Å². The molecule has 32 heavy (non-hydrogen) atoms. The van der Waals surface area contributed by atoms with Crippen LogP contribution in [0.3, 0.4) is 0 Å². The average molecular weight is 435 g/mol. The summed E-state index contributed by atoms with van der Waals surface area (Å²) in [6, 6.07) is 14.8. The van der Waals surface area contributed by atoms with Crippen molar-refractivity contribution in [3.05, 3.63) is 82.2 Å². The Labute approximate surface area is 186 Å². The zero-order chi connectivity index (χ0) is 22.7.